The number of nitrogens with one attached hydrogen (secondary N) is 1. The summed E-state index contributed by atoms with van der Waals surface area (Å²) in [5.74, 6) is 0.483. The summed E-state index contributed by atoms with van der Waals surface area (Å²) in [5, 5.41) is 3.38. The van der Waals surface area contributed by atoms with Crippen LogP contribution in [0.2, 0.25) is 0 Å². The predicted molar refractivity (Wildman–Crippen MR) is 79.0 cm³/mol. The highest BCUT2D eigenvalue weighted by Gasteiger charge is 2.49. The van der Waals surface area contributed by atoms with E-state index >= 15 is 0 Å². The molecule has 3 rings (SSSR count). The summed E-state index contributed by atoms with van der Waals surface area (Å²) in [6.07, 6.45) is 1.97. The number of amides is 1. The normalized spacial score (nSPS) is 27.7. The fourth-order valence-corrected chi connectivity index (χ4v) is 3.38. The van der Waals surface area contributed by atoms with Crippen LogP contribution in [0.5, 0.6) is 0 Å². The van der Waals surface area contributed by atoms with Crippen molar-refractivity contribution in [3.8, 4) is 0 Å². The zero-order valence-electron chi connectivity index (χ0n) is 12.2. The highest BCUT2D eigenvalue weighted by atomic mass is 16.6. The van der Waals surface area contributed by atoms with Crippen molar-refractivity contribution in [1.29, 1.82) is 0 Å². The zero-order chi connectivity index (χ0) is 14.2. The minimum atomic E-state index is -0.228. The van der Waals surface area contributed by atoms with Crippen LogP contribution in [-0.2, 0) is 4.74 Å². The molecule has 0 aliphatic carbocycles. The third kappa shape index (κ3) is 2.18. The Kier molecular flexibility index (Phi) is 3.42. The van der Waals surface area contributed by atoms with E-state index in [1.165, 1.54) is 5.56 Å². The Hall–Kier alpha value is -1.55. The third-order valence-corrected chi connectivity index (χ3v) is 4.69. The van der Waals surface area contributed by atoms with Crippen molar-refractivity contribution < 1.29 is 9.53 Å². The lowest BCUT2D eigenvalue weighted by molar-refractivity contribution is 0.156. The summed E-state index contributed by atoms with van der Waals surface area (Å²) in [5.41, 5.74) is 1.91. The van der Waals surface area contributed by atoms with E-state index in [4.69, 9.17) is 4.74 Å². The van der Waals surface area contributed by atoms with Gasteiger partial charge in [0.05, 0.1) is 5.54 Å². The number of rotatable bonds is 2. The number of carbonyl (C=O) groups is 1. The molecule has 20 heavy (non-hydrogen) atoms. The minimum Gasteiger partial charge on any atom is -0.447 e. The van der Waals surface area contributed by atoms with Crippen molar-refractivity contribution in [2.45, 2.75) is 32.2 Å². The lowest BCUT2D eigenvalue weighted by Gasteiger charge is -2.41. The first-order valence-corrected chi connectivity index (χ1v) is 7.35. The fraction of sp³-hybridized carbons (Fsp3) is 0.562. The number of carbonyl (C=O) groups excluding carboxylic acids is 1. The molecule has 2 aliphatic rings. The summed E-state index contributed by atoms with van der Waals surface area (Å²) in [6, 6.07) is 8.12. The van der Waals surface area contributed by atoms with E-state index < -0.39 is 0 Å². The Morgan fingerprint density at radius 1 is 1.25 bits per heavy atom. The van der Waals surface area contributed by atoms with Gasteiger partial charge in [0.15, 0.2) is 0 Å². The molecule has 2 heterocycles. The van der Waals surface area contributed by atoms with Crippen LogP contribution in [0.25, 0.3) is 0 Å². The Balaban J connectivity index is 1.92. The number of benzene rings is 1. The number of cyclic esters (lactones) is 1. The first-order chi connectivity index (χ1) is 9.61. The van der Waals surface area contributed by atoms with Gasteiger partial charge in [-0.3, -0.25) is 4.90 Å². The standard InChI is InChI=1S/C16H22N2O2/c1-12-3-5-14(6-4-12)18-15(19)20-11-16(18,2)13-7-9-17-10-8-13/h3-6,13,17H,7-11H2,1-2H3. The molecular weight excluding hydrogens is 252 g/mol. The van der Waals surface area contributed by atoms with Gasteiger partial charge in [0.1, 0.15) is 6.61 Å². The van der Waals surface area contributed by atoms with E-state index in [0.717, 1.165) is 31.6 Å². The second kappa shape index (κ2) is 5.09. The van der Waals surface area contributed by atoms with Gasteiger partial charge in [0.25, 0.3) is 0 Å². The number of aryl methyl sites for hydroxylation is 1. The number of anilines is 1. The summed E-state index contributed by atoms with van der Waals surface area (Å²) in [7, 11) is 0. The molecule has 0 radical (unpaired) electrons. The van der Waals surface area contributed by atoms with Crippen LogP contribution < -0.4 is 10.2 Å². The summed E-state index contributed by atoms with van der Waals surface area (Å²) in [4.78, 5) is 14.1. The van der Waals surface area contributed by atoms with Crippen molar-refractivity contribution in [3.05, 3.63) is 29.8 Å². The molecule has 4 heteroatoms. The molecule has 1 N–H and O–H groups in total. The van der Waals surface area contributed by atoms with Gasteiger partial charge < -0.3 is 10.1 Å². The number of ether oxygens (including phenoxy) is 1. The smallest absolute Gasteiger partial charge is 0.415 e. The van der Waals surface area contributed by atoms with Crippen LogP contribution in [0.3, 0.4) is 0 Å². The highest BCUT2D eigenvalue weighted by molar-refractivity contribution is 5.91. The van der Waals surface area contributed by atoms with Crippen LogP contribution in [0, 0.1) is 12.8 Å². The van der Waals surface area contributed by atoms with Crippen LogP contribution >= 0.6 is 0 Å². The number of piperidine rings is 1. The quantitative estimate of drug-likeness (QED) is 0.901. The molecule has 1 aromatic carbocycles. The molecule has 2 saturated heterocycles. The molecular formula is C16H22N2O2. The molecule has 2 aliphatic heterocycles. The Morgan fingerprint density at radius 2 is 1.90 bits per heavy atom. The van der Waals surface area contributed by atoms with Crippen LogP contribution in [-0.4, -0.2) is 31.3 Å². The number of hydrogen-bond donors (Lipinski definition) is 1. The lowest BCUT2D eigenvalue weighted by Crippen LogP contribution is -2.53. The van der Waals surface area contributed by atoms with Gasteiger partial charge in [-0.2, -0.15) is 0 Å². The third-order valence-electron chi connectivity index (χ3n) is 4.69. The minimum absolute atomic E-state index is 0.213. The van der Waals surface area contributed by atoms with E-state index in [1.54, 1.807) is 0 Å². The van der Waals surface area contributed by atoms with Crippen LogP contribution in [0.1, 0.15) is 25.3 Å². The Bertz CT molecular complexity index is 494. The van der Waals surface area contributed by atoms with Crippen molar-refractivity contribution in [2.24, 2.45) is 5.92 Å². The predicted octanol–water partition coefficient (Wildman–Crippen LogP) is 2.71. The zero-order valence-corrected chi connectivity index (χ0v) is 12.2. The SMILES string of the molecule is Cc1ccc(N2C(=O)OCC2(C)C2CCNCC2)cc1. The maximum Gasteiger partial charge on any atom is 0.415 e. The van der Waals surface area contributed by atoms with E-state index in [1.807, 2.05) is 29.2 Å². The lowest BCUT2D eigenvalue weighted by atomic mass is 9.79. The van der Waals surface area contributed by atoms with Crippen LogP contribution in [0.15, 0.2) is 24.3 Å². The summed E-state index contributed by atoms with van der Waals surface area (Å²) >= 11 is 0. The second-order valence-electron chi connectivity index (χ2n) is 6.11. The van der Waals surface area contributed by atoms with Gasteiger partial charge in [-0.1, -0.05) is 17.7 Å². The topological polar surface area (TPSA) is 41.6 Å². The second-order valence-corrected chi connectivity index (χ2v) is 6.11. The molecule has 2 fully saturated rings. The van der Waals surface area contributed by atoms with Gasteiger partial charge in [-0.05, 0) is 57.8 Å². The van der Waals surface area contributed by atoms with E-state index in [0.29, 0.717) is 12.5 Å². The molecule has 1 amide bonds. The molecule has 0 aromatic heterocycles. The van der Waals surface area contributed by atoms with E-state index in [9.17, 15) is 4.79 Å². The van der Waals surface area contributed by atoms with Crippen molar-refractivity contribution in [2.75, 3.05) is 24.6 Å². The van der Waals surface area contributed by atoms with Gasteiger partial charge in [0.2, 0.25) is 0 Å². The molecule has 0 spiro atoms. The molecule has 108 valence electrons. The van der Waals surface area contributed by atoms with Crippen molar-refractivity contribution in [3.63, 3.8) is 0 Å². The highest BCUT2D eigenvalue weighted by Crippen LogP contribution is 2.39. The first kappa shape index (κ1) is 13.4. The first-order valence-electron chi connectivity index (χ1n) is 7.35. The summed E-state index contributed by atoms with van der Waals surface area (Å²) < 4.78 is 5.39. The van der Waals surface area contributed by atoms with Gasteiger partial charge >= 0.3 is 6.09 Å². The van der Waals surface area contributed by atoms with Gasteiger partial charge in [-0.25, -0.2) is 4.79 Å². The van der Waals surface area contributed by atoms with E-state index in [-0.39, 0.29) is 11.6 Å². The molecule has 0 saturated carbocycles. The van der Waals surface area contributed by atoms with Gasteiger partial charge in [0, 0.05) is 5.69 Å². The van der Waals surface area contributed by atoms with Crippen LogP contribution in [0.4, 0.5) is 10.5 Å². The average Bonchev–Trinajstić information content (AvgIpc) is 2.78. The van der Waals surface area contributed by atoms with E-state index in [2.05, 4.69) is 19.2 Å². The van der Waals surface area contributed by atoms with Gasteiger partial charge in [-0.15, -0.1) is 0 Å². The fourth-order valence-electron chi connectivity index (χ4n) is 3.38. The largest absolute Gasteiger partial charge is 0.447 e. The molecule has 1 atom stereocenters. The Labute approximate surface area is 120 Å². The summed E-state index contributed by atoms with van der Waals surface area (Å²) in [6.45, 7) is 6.75. The average molecular weight is 274 g/mol. The maximum atomic E-state index is 12.2. The Morgan fingerprint density at radius 3 is 2.55 bits per heavy atom. The molecule has 1 unspecified atom stereocenters. The number of hydrogen-bond acceptors (Lipinski definition) is 3. The monoisotopic (exact) mass is 274 g/mol. The molecule has 1 aromatic rings. The maximum absolute atomic E-state index is 12.2. The van der Waals surface area contributed by atoms with Crippen molar-refractivity contribution in [1.82, 2.24) is 5.32 Å². The number of nitrogens with zero attached hydrogens (tertiary/aromatic N) is 1. The molecule has 0 bridgehead atoms. The molecule has 4 nitrogen and oxygen atoms in total. The van der Waals surface area contributed by atoms with Crippen molar-refractivity contribution >= 4 is 11.8 Å².